The Hall–Kier alpha value is -2.58. The molecule has 0 unspecified atom stereocenters. The number of aliphatic imine (C=N–C) groups is 1. The minimum Gasteiger partial charge on any atom is -0.356 e. The van der Waals surface area contributed by atoms with E-state index in [4.69, 9.17) is 4.52 Å². The molecular weight excluding hydrogens is 359 g/mol. The maximum atomic E-state index is 13.0. The third kappa shape index (κ3) is 4.40. The van der Waals surface area contributed by atoms with Gasteiger partial charge < -0.3 is 15.2 Å². The molecule has 3 rings (SSSR count). The predicted molar refractivity (Wildman–Crippen MR) is 94.2 cm³/mol. The number of benzene rings is 1. The van der Waals surface area contributed by atoms with Crippen LogP contribution in [-0.4, -0.2) is 29.7 Å². The Labute approximate surface area is 155 Å². The summed E-state index contributed by atoms with van der Waals surface area (Å²) in [4.78, 5) is 8.25. The highest BCUT2D eigenvalue weighted by Crippen LogP contribution is 2.44. The largest absolute Gasteiger partial charge is 0.416 e. The van der Waals surface area contributed by atoms with Gasteiger partial charge in [-0.15, -0.1) is 0 Å². The molecule has 9 heteroatoms. The first-order valence-electron chi connectivity index (χ1n) is 8.74. The van der Waals surface area contributed by atoms with Crippen molar-refractivity contribution in [2.24, 2.45) is 4.99 Å². The molecule has 1 heterocycles. The number of rotatable bonds is 5. The quantitative estimate of drug-likeness (QED) is 0.615. The second kappa shape index (κ2) is 7.58. The van der Waals surface area contributed by atoms with E-state index in [-0.39, 0.29) is 5.41 Å². The zero-order valence-corrected chi connectivity index (χ0v) is 15.2. The van der Waals surface area contributed by atoms with Gasteiger partial charge in [0.1, 0.15) is 0 Å². The SMILES string of the molecule is CN=C(NCc1nc(C)no1)NCC1(c2cccc(C(F)(F)F)c2)CCC1. The third-order valence-electron chi connectivity index (χ3n) is 4.91. The molecule has 1 aromatic heterocycles. The van der Waals surface area contributed by atoms with E-state index in [0.717, 1.165) is 25.3 Å². The van der Waals surface area contributed by atoms with Crippen molar-refractivity contribution in [3.63, 3.8) is 0 Å². The van der Waals surface area contributed by atoms with Crippen LogP contribution in [0, 0.1) is 6.92 Å². The number of hydrogen-bond donors (Lipinski definition) is 2. The van der Waals surface area contributed by atoms with Gasteiger partial charge in [-0.3, -0.25) is 4.99 Å². The lowest BCUT2D eigenvalue weighted by Gasteiger charge is -2.43. The Morgan fingerprint density at radius 3 is 2.63 bits per heavy atom. The molecule has 2 N–H and O–H groups in total. The summed E-state index contributed by atoms with van der Waals surface area (Å²) in [5, 5.41) is 10.0. The van der Waals surface area contributed by atoms with Gasteiger partial charge in [0.2, 0.25) is 5.89 Å². The van der Waals surface area contributed by atoms with E-state index in [1.807, 2.05) is 0 Å². The van der Waals surface area contributed by atoms with E-state index in [2.05, 4.69) is 25.8 Å². The number of alkyl halides is 3. The van der Waals surface area contributed by atoms with Crippen molar-refractivity contribution >= 4 is 5.96 Å². The van der Waals surface area contributed by atoms with Gasteiger partial charge in [-0.05, 0) is 31.4 Å². The fourth-order valence-corrected chi connectivity index (χ4v) is 3.24. The molecule has 0 saturated heterocycles. The summed E-state index contributed by atoms with van der Waals surface area (Å²) in [6.45, 7) is 2.55. The number of hydrogen-bond acceptors (Lipinski definition) is 4. The molecule has 2 aromatic rings. The molecule has 0 amide bonds. The van der Waals surface area contributed by atoms with Crippen LogP contribution in [-0.2, 0) is 18.1 Å². The Balaban J connectivity index is 1.65. The lowest BCUT2D eigenvalue weighted by molar-refractivity contribution is -0.137. The van der Waals surface area contributed by atoms with Crippen molar-refractivity contribution in [1.29, 1.82) is 0 Å². The molecule has 1 aliphatic carbocycles. The molecular formula is C18H22F3N5O. The molecule has 0 spiro atoms. The zero-order valence-electron chi connectivity index (χ0n) is 15.2. The second-order valence-electron chi connectivity index (χ2n) is 6.73. The highest BCUT2D eigenvalue weighted by atomic mass is 19.4. The first-order chi connectivity index (χ1) is 12.8. The van der Waals surface area contributed by atoms with E-state index in [9.17, 15) is 13.2 Å². The maximum Gasteiger partial charge on any atom is 0.416 e. The summed E-state index contributed by atoms with van der Waals surface area (Å²) >= 11 is 0. The maximum absolute atomic E-state index is 13.0. The lowest BCUT2D eigenvalue weighted by atomic mass is 9.64. The Bertz CT molecular complexity index is 811. The number of aromatic nitrogens is 2. The average Bonchev–Trinajstić information content (AvgIpc) is 3.01. The van der Waals surface area contributed by atoms with E-state index >= 15 is 0 Å². The molecule has 0 radical (unpaired) electrons. The summed E-state index contributed by atoms with van der Waals surface area (Å²) in [6.07, 6.45) is -1.68. The van der Waals surface area contributed by atoms with Crippen molar-refractivity contribution in [3.8, 4) is 0 Å². The van der Waals surface area contributed by atoms with Gasteiger partial charge in [-0.25, -0.2) is 0 Å². The first kappa shape index (κ1) is 19.2. The lowest BCUT2D eigenvalue weighted by Crippen LogP contribution is -2.48. The third-order valence-corrected chi connectivity index (χ3v) is 4.91. The van der Waals surface area contributed by atoms with Crippen molar-refractivity contribution in [2.75, 3.05) is 13.6 Å². The molecule has 0 bridgehead atoms. The average molecular weight is 381 g/mol. The predicted octanol–water partition coefficient (Wildman–Crippen LogP) is 3.18. The molecule has 1 aliphatic rings. The monoisotopic (exact) mass is 381 g/mol. The Kier molecular flexibility index (Phi) is 5.38. The fraction of sp³-hybridized carbons (Fsp3) is 0.500. The van der Waals surface area contributed by atoms with Crippen LogP contribution in [0.3, 0.4) is 0 Å². The fourth-order valence-electron chi connectivity index (χ4n) is 3.24. The molecule has 146 valence electrons. The first-order valence-corrected chi connectivity index (χ1v) is 8.74. The van der Waals surface area contributed by atoms with Gasteiger partial charge >= 0.3 is 6.18 Å². The second-order valence-corrected chi connectivity index (χ2v) is 6.73. The van der Waals surface area contributed by atoms with Gasteiger partial charge in [-0.2, -0.15) is 18.2 Å². The molecule has 1 fully saturated rings. The highest BCUT2D eigenvalue weighted by Gasteiger charge is 2.40. The van der Waals surface area contributed by atoms with Crippen LogP contribution in [0.5, 0.6) is 0 Å². The van der Waals surface area contributed by atoms with Gasteiger partial charge in [0, 0.05) is 19.0 Å². The van der Waals surface area contributed by atoms with E-state index < -0.39 is 11.7 Å². The van der Waals surface area contributed by atoms with Gasteiger partial charge in [-0.1, -0.05) is 29.8 Å². The molecule has 1 saturated carbocycles. The van der Waals surface area contributed by atoms with Crippen molar-refractivity contribution in [2.45, 2.75) is 44.3 Å². The normalized spacial score (nSPS) is 16.7. The number of nitrogens with zero attached hydrogens (tertiary/aromatic N) is 3. The van der Waals surface area contributed by atoms with Crippen molar-refractivity contribution < 1.29 is 17.7 Å². The molecule has 27 heavy (non-hydrogen) atoms. The Morgan fingerprint density at radius 1 is 1.30 bits per heavy atom. The number of aryl methyl sites for hydroxylation is 1. The minimum atomic E-state index is -4.34. The molecule has 1 aromatic carbocycles. The van der Waals surface area contributed by atoms with Crippen LogP contribution in [0.25, 0.3) is 0 Å². The van der Waals surface area contributed by atoms with E-state index in [1.54, 1.807) is 20.0 Å². The summed E-state index contributed by atoms with van der Waals surface area (Å²) < 4.78 is 44.2. The molecule has 6 nitrogen and oxygen atoms in total. The van der Waals surface area contributed by atoms with Gasteiger partial charge in [0.25, 0.3) is 0 Å². The van der Waals surface area contributed by atoms with Crippen LogP contribution >= 0.6 is 0 Å². The van der Waals surface area contributed by atoms with Crippen molar-refractivity contribution in [1.82, 2.24) is 20.8 Å². The number of nitrogens with one attached hydrogen (secondary N) is 2. The van der Waals surface area contributed by atoms with Crippen molar-refractivity contribution in [3.05, 3.63) is 47.1 Å². The summed E-state index contributed by atoms with van der Waals surface area (Å²) in [5.74, 6) is 1.52. The minimum absolute atomic E-state index is 0.317. The summed E-state index contributed by atoms with van der Waals surface area (Å²) in [6, 6.07) is 5.62. The van der Waals surface area contributed by atoms with Gasteiger partial charge in [0.05, 0.1) is 12.1 Å². The topological polar surface area (TPSA) is 75.3 Å². The number of halogens is 3. The summed E-state index contributed by atoms with van der Waals surface area (Å²) in [5.41, 5.74) is -0.223. The number of guanidine groups is 1. The van der Waals surface area contributed by atoms with E-state index in [1.165, 1.54) is 12.1 Å². The molecule has 0 atom stereocenters. The highest BCUT2D eigenvalue weighted by molar-refractivity contribution is 5.79. The molecule has 0 aliphatic heterocycles. The standard InChI is InChI=1S/C18H22F3N5O/c1-12-25-15(27-26-12)10-23-16(22-2)24-11-17(7-4-8-17)13-5-3-6-14(9-13)18(19,20)21/h3,5-6,9H,4,7-8,10-11H2,1-2H3,(H2,22,23,24). The van der Waals surface area contributed by atoms with Crippen LogP contribution in [0.4, 0.5) is 13.2 Å². The van der Waals surface area contributed by atoms with Crippen LogP contribution in [0.15, 0.2) is 33.8 Å². The van der Waals surface area contributed by atoms with Crippen LogP contribution in [0.1, 0.15) is 42.1 Å². The zero-order chi connectivity index (χ0) is 19.5. The van der Waals surface area contributed by atoms with Crippen LogP contribution in [0.2, 0.25) is 0 Å². The van der Waals surface area contributed by atoms with Gasteiger partial charge in [0.15, 0.2) is 11.8 Å². The Morgan fingerprint density at radius 2 is 2.07 bits per heavy atom. The summed E-state index contributed by atoms with van der Waals surface area (Å²) in [7, 11) is 1.63. The van der Waals surface area contributed by atoms with Crippen LogP contribution < -0.4 is 10.6 Å². The smallest absolute Gasteiger partial charge is 0.356 e. The van der Waals surface area contributed by atoms with E-state index in [0.29, 0.717) is 36.3 Å².